The third-order valence-electron chi connectivity index (χ3n) is 2.15. The van der Waals surface area contributed by atoms with E-state index in [4.69, 9.17) is 9.47 Å². The smallest absolute Gasteiger partial charge is 0.119 e. The van der Waals surface area contributed by atoms with E-state index in [0.717, 1.165) is 11.3 Å². The number of methoxy groups -OCH3 is 1. The summed E-state index contributed by atoms with van der Waals surface area (Å²) in [5.41, 5.74) is 0.873. The molecule has 0 aliphatic carbocycles. The normalized spacial score (nSPS) is 12.5. The van der Waals surface area contributed by atoms with Crippen molar-refractivity contribution in [3.05, 3.63) is 29.8 Å². The van der Waals surface area contributed by atoms with E-state index in [0.29, 0.717) is 19.6 Å². The molecule has 15 heavy (non-hydrogen) atoms. The summed E-state index contributed by atoms with van der Waals surface area (Å²) in [6.45, 7) is 3.13. The maximum Gasteiger partial charge on any atom is 0.119 e. The van der Waals surface area contributed by atoms with Crippen LogP contribution in [0.25, 0.3) is 0 Å². The number of hydrogen-bond donors (Lipinski definition) is 1. The molecule has 0 fully saturated rings. The van der Waals surface area contributed by atoms with Crippen LogP contribution in [0.3, 0.4) is 0 Å². The van der Waals surface area contributed by atoms with Crippen LogP contribution in [0, 0.1) is 0 Å². The van der Waals surface area contributed by atoms with Gasteiger partial charge < -0.3 is 14.6 Å². The van der Waals surface area contributed by atoms with Crippen LogP contribution in [0.15, 0.2) is 24.3 Å². The monoisotopic (exact) mass is 210 g/mol. The summed E-state index contributed by atoms with van der Waals surface area (Å²) >= 11 is 0. The molecule has 0 spiro atoms. The fourth-order valence-electron chi connectivity index (χ4n) is 1.37. The lowest BCUT2D eigenvalue weighted by molar-refractivity contribution is 0.110. The first-order valence-electron chi connectivity index (χ1n) is 5.17. The van der Waals surface area contributed by atoms with Crippen molar-refractivity contribution < 1.29 is 14.6 Å². The molecule has 0 aliphatic heterocycles. The Morgan fingerprint density at radius 1 is 1.40 bits per heavy atom. The summed E-state index contributed by atoms with van der Waals surface area (Å²) in [5.74, 6) is 0.798. The fourth-order valence-corrected chi connectivity index (χ4v) is 1.37. The highest BCUT2D eigenvalue weighted by atomic mass is 16.5. The van der Waals surface area contributed by atoms with Crippen LogP contribution < -0.4 is 4.74 Å². The topological polar surface area (TPSA) is 38.7 Å². The van der Waals surface area contributed by atoms with Crippen LogP contribution in [0.5, 0.6) is 5.75 Å². The molecular formula is C12H18O3. The lowest BCUT2D eigenvalue weighted by atomic mass is 10.1. The zero-order valence-electron chi connectivity index (χ0n) is 9.27. The van der Waals surface area contributed by atoms with Crippen molar-refractivity contribution in [2.45, 2.75) is 19.4 Å². The number of rotatable bonds is 6. The van der Waals surface area contributed by atoms with Gasteiger partial charge >= 0.3 is 0 Å². The second-order valence-electron chi connectivity index (χ2n) is 3.30. The van der Waals surface area contributed by atoms with Gasteiger partial charge in [-0.05, 0) is 24.6 Å². The Labute approximate surface area is 90.6 Å². The third-order valence-corrected chi connectivity index (χ3v) is 2.15. The van der Waals surface area contributed by atoms with Crippen molar-refractivity contribution >= 4 is 0 Å². The van der Waals surface area contributed by atoms with Gasteiger partial charge in [0, 0.05) is 20.1 Å². The van der Waals surface area contributed by atoms with E-state index in [1.807, 2.05) is 31.2 Å². The van der Waals surface area contributed by atoms with Gasteiger partial charge in [-0.3, -0.25) is 0 Å². The van der Waals surface area contributed by atoms with Crippen molar-refractivity contribution in [1.82, 2.24) is 0 Å². The van der Waals surface area contributed by atoms with E-state index >= 15 is 0 Å². The van der Waals surface area contributed by atoms with Crippen LogP contribution in [0.4, 0.5) is 0 Å². The molecule has 1 atom stereocenters. The molecule has 3 nitrogen and oxygen atoms in total. The predicted octanol–water partition coefficient (Wildman–Crippen LogP) is 2.16. The lowest BCUT2D eigenvalue weighted by Crippen LogP contribution is -2.02. The minimum atomic E-state index is -0.481. The highest BCUT2D eigenvalue weighted by Crippen LogP contribution is 2.21. The molecule has 1 N–H and O–H groups in total. The Kier molecular flexibility index (Phi) is 5.15. The van der Waals surface area contributed by atoms with Crippen molar-refractivity contribution in [2.75, 3.05) is 20.3 Å². The second kappa shape index (κ2) is 6.43. The van der Waals surface area contributed by atoms with Gasteiger partial charge in [-0.2, -0.15) is 0 Å². The molecule has 0 saturated carbocycles. The molecule has 0 aromatic heterocycles. The molecule has 0 bridgehead atoms. The minimum absolute atomic E-state index is 0.481. The SMILES string of the molecule is CCOc1cccc(C(O)CCOC)c1. The highest BCUT2D eigenvalue weighted by molar-refractivity contribution is 5.29. The van der Waals surface area contributed by atoms with Crippen LogP contribution in [0.2, 0.25) is 0 Å². The molecule has 1 aromatic carbocycles. The van der Waals surface area contributed by atoms with Gasteiger partial charge in [0.15, 0.2) is 0 Å². The average Bonchev–Trinajstić information content (AvgIpc) is 2.27. The standard InChI is InChI=1S/C12H18O3/c1-3-15-11-6-4-5-10(9-11)12(13)7-8-14-2/h4-6,9,12-13H,3,7-8H2,1-2H3. The first-order chi connectivity index (χ1) is 7.27. The number of aliphatic hydroxyl groups is 1. The molecule has 1 aromatic rings. The fraction of sp³-hybridized carbons (Fsp3) is 0.500. The lowest BCUT2D eigenvalue weighted by Gasteiger charge is -2.11. The van der Waals surface area contributed by atoms with Gasteiger partial charge in [0.2, 0.25) is 0 Å². The van der Waals surface area contributed by atoms with Gasteiger partial charge in [-0.25, -0.2) is 0 Å². The zero-order valence-corrected chi connectivity index (χ0v) is 9.27. The van der Waals surface area contributed by atoms with E-state index < -0.39 is 6.10 Å². The molecular weight excluding hydrogens is 192 g/mol. The summed E-state index contributed by atoms with van der Waals surface area (Å²) in [5, 5.41) is 9.81. The van der Waals surface area contributed by atoms with Crippen LogP contribution in [-0.4, -0.2) is 25.4 Å². The van der Waals surface area contributed by atoms with Crippen LogP contribution >= 0.6 is 0 Å². The third kappa shape index (κ3) is 3.90. The average molecular weight is 210 g/mol. The first kappa shape index (κ1) is 12.0. The Balaban J connectivity index is 2.62. The van der Waals surface area contributed by atoms with Crippen LogP contribution in [0.1, 0.15) is 25.0 Å². The molecule has 84 valence electrons. The number of hydrogen-bond acceptors (Lipinski definition) is 3. The van der Waals surface area contributed by atoms with Gasteiger partial charge in [0.05, 0.1) is 12.7 Å². The van der Waals surface area contributed by atoms with E-state index in [1.165, 1.54) is 0 Å². The summed E-state index contributed by atoms with van der Waals surface area (Å²) in [6, 6.07) is 7.53. The Morgan fingerprint density at radius 2 is 2.20 bits per heavy atom. The van der Waals surface area contributed by atoms with Gasteiger partial charge in [-0.15, -0.1) is 0 Å². The first-order valence-corrected chi connectivity index (χ1v) is 5.17. The minimum Gasteiger partial charge on any atom is -0.494 e. The van der Waals surface area contributed by atoms with E-state index in [1.54, 1.807) is 7.11 Å². The Hall–Kier alpha value is -1.06. The van der Waals surface area contributed by atoms with Gasteiger partial charge in [0.1, 0.15) is 5.75 Å². The molecule has 1 rings (SSSR count). The number of ether oxygens (including phenoxy) is 2. The summed E-state index contributed by atoms with van der Waals surface area (Å²) in [6.07, 6.45) is 0.122. The highest BCUT2D eigenvalue weighted by Gasteiger charge is 2.07. The van der Waals surface area contributed by atoms with Crippen LogP contribution in [-0.2, 0) is 4.74 Å². The van der Waals surface area contributed by atoms with Crippen molar-refractivity contribution in [3.63, 3.8) is 0 Å². The number of aliphatic hydroxyl groups excluding tert-OH is 1. The van der Waals surface area contributed by atoms with Gasteiger partial charge in [0.25, 0.3) is 0 Å². The molecule has 0 saturated heterocycles. The van der Waals surface area contributed by atoms with Crippen molar-refractivity contribution in [2.24, 2.45) is 0 Å². The molecule has 0 aliphatic rings. The maximum absolute atomic E-state index is 9.81. The van der Waals surface area contributed by atoms with Crippen molar-refractivity contribution in [1.29, 1.82) is 0 Å². The predicted molar refractivity (Wildman–Crippen MR) is 59.1 cm³/mol. The van der Waals surface area contributed by atoms with E-state index in [2.05, 4.69) is 0 Å². The molecule has 3 heteroatoms. The van der Waals surface area contributed by atoms with E-state index in [9.17, 15) is 5.11 Å². The maximum atomic E-state index is 9.81. The summed E-state index contributed by atoms with van der Waals surface area (Å²) in [7, 11) is 1.63. The molecule has 0 radical (unpaired) electrons. The Bertz CT molecular complexity index is 286. The number of benzene rings is 1. The largest absolute Gasteiger partial charge is 0.494 e. The molecule has 0 heterocycles. The molecule has 0 amide bonds. The zero-order chi connectivity index (χ0) is 11.1. The summed E-state index contributed by atoms with van der Waals surface area (Å²) < 4.78 is 10.3. The Morgan fingerprint density at radius 3 is 2.87 bits per heavy atom. The second-order valence-corrected chi connectivity index (χ2v) is 3.30. The molecule has 1 unspecified atom stereocenters. The van der Waals surface area contributed by atoms with Crippen molar-refractivity contribution in [3.8, 4) is 5.75 Å². The van der Waals surface area contributed by atoms with Gasteiger partial charge in [-0.1, -0.05) is 12.1 Å². The van der Waals surface area contributed by atoms with E-state index in [-0.39, 0.29) is 0 Å². The summed E-state index contributed by atoms with van der Waals surface area (Å²) in [4.78, 5) is 0. The quantitative estimate of drug-likeness (QED) is 0.782.